The number of carbonyl (C=O) groups excluding carboxylic acids is 2. The molecule has 1 saturated carbocycles. The first-order valence-corrected chi connectivity index (χ1v) is 13.3. The number of rotatable bonds is 12. The Morgan fingerprint density at radius 2 is 1.59 bits per heavy atom. The first kappa shape index (κ1) is 26.8. The third-order valence-corrected chi connectivity index (χ3v) is 7.80. The lowest BCUT2D eigenvalue weighted by Crippen LogP contribution is -2.26. The first-order chi connectivity index (χ1) is 17.7. The molecule has 0 N–H and O–H groups in total. The van der Waals surface area contributed by atoms with E-state index in [0.29, 0.717) is 18.8 Å². The number of hydrogen-bond acceptors (Lipinski definition) is 6. The zero-order valence-electron chi connectivity index (χ0n) is 22.4. The number of esters is 2. The van der Waals surface area contributed by atoms with E-state index in [1.54, 1.807) is 0 Å². The second kappa shape index (κ2) is 11.0. The summed E-state index contributed by atoms with van der Waals surface area (Å²) >= 11 is 0. The van der Waals surface area contributed by atoms with Gasteiger partial charge >= 0.3 is 11.9 Å². The zero-order chi connectivity index (χ0) is 26.7. The molecule has 4 rings (SSSR count). The molecule has 6 nitrogen and oxygen atoms in total. The van der Waals surface area contributed by atoms with Crippen LogP contribution in [0.15, 0.2) is 43.5 Å². The van der Waals surface area contributed by atoms with Crippen LogP contribution in [0.2, 0.25) is 0 Å². The Kier molecular flexibility index (Phi) is 7.96. The molecule has 198 valence electrons. The summed E-state index contributed by atoms with van der Waals surface area (Å²) in [5.41, 5.74) is 3.53. The fourth-order valence-electron chi connectivity index (χ4n) is 5.82. The quantitative estimate of drug-likeness (QED) is 0.243. The lowest BCUT2D eigenvalue weighted by Gasteiger charge is -2.31. The Labute approximate surface area is 219 Å². The molecule has 0 spiro atoms. The summed E-state index contributed by atoms with van der Waals surface area (Å²) in [5.74, 6) is 1.23. The van der Waals surface area contributed by atoms with Crippen LogP contribution in [0.1, 0.15) is 75.5 Å². The van der Waals surface area contributed by atoms with Crippen molar-refractivity contribution in [3.05, 3.63) is 60.2 Å². The maximum absolute atomic E-state index is 11.8. The second-order valence-corrected chi connectivity index (χ2v) is 10.5. The van der Waals surface area contributed by atoms with Gasteiger partial charge in [0, 0.05) is 34.1 Å². The van der Waals surface area contributed by atoms with E-state index in [4.69, 9.17) is 18.9 Å². The minimum absolute atomic E-state index is 0.00845. The van der Waals surface area contributed by atoms with Crippen LogP contribution >= 0.6 is 0 Å². The molecule has 0 radical (unpaired) electrons. The Balaban J connectivity index is 1.78. The van der Waals surface area contributed by atoms with Crippen LogP contribution in [0.4, 0.5) is 0 Å². The molecule has 2 aromatic rings. The van der Waals surface area contributed by atoms with E-state index in [2.05, 4.69) is 45.2 Å². The molecule has 2 aromatic carbocycles. The third-order valence-electron chi connectivity index (χ3n) is 7.80. The average molecular weight is 507 g/mol. The minimum Gasteiger partial charge on any atom is -0.489 e. The van der Waals surface area contributed by atoms with E-state index in [1.165, 1.54) is 23.3 Å². The van der Waals surface area contributed by atoms with E-state index < -0.39 is 11.9 Å². The molecular formula is C31H38O6. The van der Waals surface area contributed by atoms with Gasteiger partial charge in [-0.15, -0.1) is 0 Å². The molecule has 6 heteroatoms. The monoisotopic (exact) mass is 506 g/mol. The fraction of sp³-hybridized carbons (Fsp3) is 0.484. The van der Waals surface area contributed by atoms with Gasteiger partial charge in [-0.2, -0.15) is 0 Å². The maximum Gasteiger partial charge on any atom is 0.330 e. The van der Waals surface area contributed by atoms with Crippen molar-refractivity contribution < 1.29 is 28.5 Å². The van der Waals surface area contributed by atoms with Gasteiger partial charge in [-0.1, -0.05) is 51.6 Å². The molecule has 0 amide bonds. The van der Waals surface area contributed by atoms with Crippen molar-refractivity contribution in [3.8, 4) is 11.5 Å². The molecule has 1 fully saturated rings. The van der Waals surface area contributed by atoms with Gasteiger partial charge in [0.1, 0.15) is 36.9 Å². The summed E-state index contributed by atoms with van der Waals surface area (Å²) in [5, 5.41) is 1.97. The number of aryl methyl sites for hydroxylation is 1. The topological polar surface area (TPSA) is 71.1 Å². The molecule has 37 heavy (non-hydrogen) atoms. The van der Waals surface area contributed by atoms with Gasteiger partial charge in [0.25, 0.3) is 0 Å². The van der Waals surface area contributed by atoms with Crippen molar-refractivity contribution in [2.45, 2.75) is 83.3 Å². The highest BCUT2D eigenvalue weighted by Gasteiger charge is 2.50. The van der Waals surface area contributed by atoms with E-state index in [1.807, 2.05) is 13.8 Å². The molecule has 0 aliphatic heterocycles. The summed E-state index contributed by atoms with van der Waals surface area (Å²) in [4.78, 5) is 23.6. The summed E-state index contributed by atoms with van der Waals surface area (Å²) in [6, 6.07) is 6.31. The van der Waals surface area contributed by atoms with Crippen LogP contribution in [-0.4, -0.2) is 37.4 Å². The van der Waals surface area contributed by atoms with E-state index >= 15 is 0 Å². The summed E-state index contributed by atoms with van der Waals surface area (Å²) in [6.07, 6.45) is 6.16. The maximum atomic E-state index is 11.8. The molecular weight excluding hydrogens is 468 g/mol. The van der Waals surface area contributed by atoms with Crippen molar-refractivity contribution >= 4 is 22.7 Å². The van der Waals surface area contributed by atoms with Crippen LogP contribution < -0.4 is 9.47 Å². The minimum atomic E-state index is -0.446. The number of ether oxygens (including phenoxy) is 4. The lowest BCUT2D eigenvalue weighted by molar-refractivity contribution is -0.145. The van der Waals surface area contributed by atoms with Crippen molar-refractivity contribution in [2.75, 3.05) is 13.2 Å². The van der Waals surface area contributed by atoms with Gasteiger partial charge in [0.2, 0.25) is 0 Å². The average Bonchev–Trinajstić information content (AvgIpc) is 3.42. The smallest absolute Gasteiger partial charge is 0.330 e. The highest BCUT2D eigenvalue weighted by Crippen LogP contribution is 2.64. The highest BCUT2D eigenvalue weighted by molar-refractivity contribution is 5.98. The van der Waals surface area contributed by atoms with Crippen LogP contribution in [0, 0.1) is 6.92 Å². The van der Waals surface area contributed by atoms with Gasteiger partial charge < -0.3 is 18.9 Å². The van der Waals surface area contributed by atoms with Gasteiger partial charge in [0.05, 0.1) is 0 Å². The Morgan fingerprint density at radius 3 is 2.16 bits per heavy atom. The molecule has 0 heterocycles. The van der Waals surface area contributed by atoms with Crippen LogP contribution in [0.25, 0.3) is 10.8 Å². The van der Waals surface area contributed by atoms with Gasteiger partial charge in [-0.25, -0.2) is 9.59 Å². The fourth-order valence-corrected chi connectivity index (χ4v) is 5.82. The molecule has 2 aliphatic rings. The predicted octanol–water partition coefficient (Wildman–Crippen LogP) is 6.46. The summed E-state index contributed by atoms with van der Waals surface area (Å²) in [6.45, 7) is 15.9. The van der Waals surface area contributed by atoms with Crippen molar-refractivity contribution in [3.63, 3.8) is 0 Å². The van der Waals surface area contributed by atoms with Crippen LogP contribution in [0.5, 0.6) is 11.5 Å². The molecule has 0 aromatic heterocycles. The highest BCUT2D eigenvalue weighted by atomic mass is 16.6. The molecule has 0 saturated heterocycles. The molecule has 2 aliphatic carbocycles. The van der Waals surface area contributed by atoms with E-state index in [0.717, 1.165) is 47.1 Å². The van der Waals surface area contributed by atoms with Crippen LogP contribution in [0.3, 0.4) is 0 Å². The molecule has 2 bridgehead atoms. The predicted molar refractivity (Wildman–Crippen MR) is 144 cm³/mol. The van der Waals surface area contributed by atoms with Crippen molar-refractivity contribution in [1.29, 1.82) is 0 Å². The van der Waals surface area contributed by atoms with Gasteiger partial charge in [0.15, 0.2) is 0 Å². The Hall–Kier alpha value is -3.28. The van der Waals surface area contributed by atoms with Crippen molar-refractivity contribution in [2.24, 2.45) is 0 Å². The Bertz CT molecular complexity index is 1210. The molecule has 4 unspecified atom stereocenters. The Morgan fingerprint density at radius 1 is 1.00 bits per heavy atom. The van der Waals surface area contributed by atoms with E-state index in [9.17, 15) is 9.59 Å². The largest absolute Gasteiger partial charge is 0.489 e. The number of fused-ring (bicyclic) bond motifs is 6. The first-order valence-electron chi connectivity index (χ1n) is 13.3. The number of carbonyl (C=O) groups is 2. The normalized spacial score (nSPS) is 21.1. The third kappa shape index (κ3) is 5.25. The molecule has 4 atom stereocenters. The number of benzene rings is 2. The zero-order valence-corrected chi connectivity index (χ0v) is 22.4. The lowest BCUT2D eigenvalue weighted by atomic mass is 9.78. The number of hydrogen-bond donors (Lipinski definition) is 0. The second-order valence-electron chi connectivity index (χ2n) is 10.5. The summed E-state index contributed by atoms with van der Waals surface area (Å²) < 4.78 is 24.1. The van der Waals surface area contributed by atoms with Crippen LogP contribution in [-0.2, 0) is 24.5 Å². The SMILES string of the molecule is C=CC(=O)OC(CC)COc1c2c(c(OCC(CC)OC(=O)C=C)c3ccc(C)cc13)C1(C)CCC2C1. The summed E-state index contributed by atoms with van der Waals surface area (Å²) in [7, 11) is 0. The van der Waals surface area contributed by atoms with Gasteiger partial charge in [-0.05, 0) is 56.4 Å². The van der Waals surface area contributed by atoms with Crippen molar-refractivity contribution in [1.82, 2.24) is 0 Å². The van der Waals surface area contributed by atoms with Gasteiger partial charge in [-0.3, -0.25) is 0 Å². The standard InChI is InChI=1S/C31H38O6/c1-7-21(36-25(32)9-3)17-34-29-24-15-19(5)11-12-23(24)30(35-18-22(8-2)37-26(33)10-4)28-27(29)20-13-14-31(28,6)16-20/h9-12,15,20-22H,3-4,7-8,13-14,16-18H2,1-2,5-6H3. The van der Waals surface area contributed by atoms with E-state index in [-0.39, 0.29) is 30.8 Å².